The van der Waals surface area contributed by atoms with Crippen LogP contribution >= 0.6 is 11.6 Å². The summed E-state index contributed by atoms with van der Waals surface area (Å²) < 4.78 is 5.91. The van der Waals surface area contributed by atoms with Gasteiger partial charge in [0.05, 0.1) is 11.8 Å². The fourth-order valence-corrected chi connectivity index (χ4v) is 4.71. The van der Waals surface area contributed by atoms with Gasteiger partial charge in [0.25, 0.3) is 0 Å². The molecule has 0 radical (unpaired) electrons. The Balaban J connectivity index is 1.34. The Hall–Kier alpha value is -2.32. The van der Waals surface area contributed by atoms with Crippen LogP contribution in [0.25, 0.3) is 0 Å². The fourth-order valence-electron chi connectivity index (χ4n) is 4.57. The van der Waals surface area contributed by atoms with E-state index in [-0.39, 0.29) is 12.2 Å². The van der Waals surface area contributed by atoms with Crippen LogP contribution in [0, 0.1) is 0 Å². The number of hydrogen-bond donors (Lipinski definition) is 2. The van der Waals surface area contributed by atoms with Crippen molar-refractivity contribution < 1.29 is 9.84 Å². The summed E-state index contributed by atoms with van der Waals surface area (Å²) in [6.07, 6.45) is 5.25. The fraction of sp³-hybridized carbons (Fsp3) is 0.526. The summed E-state index contributed by atoms with van der Waals surface area (Å²) in [6.45, 7) is 1.71. The van der Waals surface area contributed by atoms with Crippen molar-refractivity contribution in [1.82, 2.24) is 15.2 Å². The number of piperazine rings is 1. The standard InChI is InChI=1S/C19H23ClN6O2/c20-17-8-16(19(21)24-23-17)25-9-12-1-2-13(10-25)26(12)11-3-4-22-18(5-11)28-15-6-14(27)7-15/h3-5,8,12-15,27H,1-2,6-7,9-10H2,(H2,21,24)/t12-,13-,14?,15?/m0/s1. The lowest BCUT2D eigenvalue weighted by atomic mass is 9.92. The first-order valence-electron chi connectivity index (χ1n) is 9.69. The zero-order chi connectivity index (χ0) is 19.3. The maximum atomic E-state index is 9.45. The zero-order valence-corrected chi connectivity index (χ0v) is 16.2. The molecule has 1 aliphatic carbocycles. The quantitative estimate of drug-likeness (QED) is 0.799. The van der Waals surface area contributed by atoms with Gasteiger partial charge in [-0.1, -0.05) is 11.6 Å². The molecule has 0 unspecified atom stereocenters. The highest BCUT2D eigenvalue weighted by Gasteiger charge is 2.41. The topological polar surface area (TPSA) is 101 Å². The minimum absolute atomic E-state index is 0.0678. The second kappa shape index (κ2) is 6.93. The molecule has 28 heavy (non-hydrogen) atoms. The van der Waals surface area contributed by atoms with Crippen LogP contribution in [0.15, 0.2) is 24.4 Å². The lowest BCUT2D eigenvalue weighted by Crippen LogP contribution is -2.54. The number of aromatic nitrogens is 3. The number of nitrogens with two attached hydrogens (primary N) is 1. The van der Waals surface area contributed by atoms with E-state index in [0.717, 1.165) is 37.3 Å². The van der Waals surface area contributed by atoms with Gasteiger partial charge < -0.3 is 25.4 Å². The van der Waals surface area contributed by atoms with Crippen LogP contribution < -0.4 is 20.3 Å². The molecule has 0 spiro atoms. The highest BCUT2D eigenvalue weighted by molar-refractivity contribution is 6.29. The average molecular weight is 403 g/mol. The van der Waals surface area contributed by atoms with Gasteiger partial charge in [0.1, 0.15) is 6.10 Å². The number of hydrogen-bond acceptors (Lipinski definition) is 8. The number of pyridine rings is 1. The maximum absolute atomic E-state index is 9.45. The number of aliphatic hydroxyl groups excluding tert-OH is 1. The van der Waals surface area contributed by atoms with Gasteiger partial charge in [0.2, 0.25) is 5.88 Å². The van der Waals surface area contributed by atoms with Crippen molar-refractivity contribution in [3.8, 4) is 5.88 Å². The Morgan fingerprint density at radius 2 is 1.89 bits per heavy atom. The second-order valence-electron chi connectivity index (χ2n) is 7.85. The van der Waals surface area contributed by atoms with Crippen molar-refractivity contribution in [2.75, 3.05) is 28.6 Å². The van der Waals surface area contributed by atoms with Gasteiger partial charge in [-0.2, -0.15) is 0 Å². The van der Waals surface area contributed by atoms with Crippen molar-refractivity contribution in [2.24, 2.45) is 0 Å². The molecule has 2 aromatic rings. The van der Waals surface area contributed by atoms with Crippen LogP contribution in [0.1, 0.15) is 25.7 Å². The van der Waals surface area contributed by atoms with Crippen LogP contribution in [0.3, 0.4) is 0 Å². The number of aliphatic hydroxyl groups is 1. The SMILES string of the molecule is Nc1nnc(Cl)cc1N1C[C@@H]2CC[C@@H](C1)N2c1ccnc(OC2CC(O)C2)c1. The van der Waals surface area contributed by atoms with E-state index in [4.69, 9.17) is 22.1 Å². The zero-order valence-electron chi connectivity index (χ0n) is 15.4. The Morgan fingerprint density at radius 1 is 1.14 bits per heavy atom. The number of nitrogen functional groups attached to an aromatic ring is 1. The Bertz CT molecular complexity index is 863. The first kappa shape index (κ1) is 17.8. The number of rotatable bonds is 4. The normalized spacial score (nSPS) is 28.9. The molecule has 9 heteroatoms. The van der Waals surface area contributed by atoms with E-state index in [1.807, 2.05) is 12.1 Å². The van der Waals surface area contributed by atoms with Gasteiger partial charge in [0.15, 0.2) is 11.0 Å². The largest absolute Gasteiger partial charge is 0.474 e. The molecule has 0 aromatic carbocycles. The monoisotopic (exact) mass is 402 g/mol. The Morgan fingerprint density at radius 3 is 2.61 bits per heavy atom. The number of nitrogens with zero attached hydrogens (tertiary/aromatic N) is 5. The maximum Gasteiger partial charge on any atom is 0.215 e. The molecule has 4 heterocycles. The molecule has 0 amide bonds. The molecule has 2 aliphatic heterocycles. The molecule has 2 bridgehead atoms. The predicted molar refractivity (Wildman–Crippen MR) is 107 cm³/mol. The summed E-state index contributed by atoms with van der Waals surface area (Å²) in [5.74, 6) is 1.05. The minimum atomic E-state index is -0.235. The van der Waals surface area contributed by atoms with Gasteiger partial charge in [-0.05, 0) is 18.9 Å². The summed E-state index contributed by atoms with van der Waals surface area (Å²) in [7, 11) is 0. The van der Waals surface area contributed by atoms with Crippen molar-refractivity contribution in [3.63, 3.8) is 0 Å². The third-order valence-corrected chi connectivity index (χ3v) is 6.15. The molecule has 3 aliphatic rings. The van der Waals surface area contributed by atoms with Gasteiger partial charge in [-0.3, -0.25) is 0 Å². The van der Waals surface area contributed by atoms with Gasteiger partial charge in [0, 0.05) is 62.0 Å². The van der Waals surface area contributed by atoms with Crippen LogP contribution in [0.5, 0.6) is 5.88 Å². The van der Waals surface area contributed by atoms with Crippen LogP contribution in [0.4, 0.5) is 17.2 Å². The molecule has 148 valence electrons. The van der Waals surface area contributed by atoms with Crippen LogP contribution in [0.2, 0.25) is 5.15 Å². The average Bonchev–Trinajstić information content (AvgIpc) is 2.92. The lowest BCUT2D eigenvalue weighted by molar-refractivity contribution is -0.0128. The summed E-state index contributed by atoms with van der Waals surface area (Å²) in [4.78, 5) is 9.09. The van der Waals surface area contributed by atoms with E-state index in [1.54, 1.807) is 12.3 Å². The van der Waals surface area contributed by atoms with Crippen LogP contribution in [-0.2, 0) is 0 Å². The second-order valence-corrected chi connectivity index (χ2v) is 8.24. The van der Waals surface area contributed by atoms with Gasteiger partial charge in [-0.15, -0.1) is 10.2 Å². The Kier molecular flexibility index (Phi) is 4.40. The Labute approximate surface area is 168 Å². The number of ether oxygens (including phenoxy) is 1. The van der Waals surface area contributed by atoms with E-state index < -0.39 is 0 Å². The first-order chi connectivity index (χ1) is 13.6. The highest BCUT2D eigenvalue weighted by atomic mass is 35.5. The van der Waals surface area contributed by atoms with Crippen molar-refractivity contribution in [2.45, 2.75) is 50.0 Å². The molecule has 2 saturated heterocycles. The summed E-state index contributed by atoms with van der Waals surface area (Å²) in [5, 5.41) is 17.6. The van der Waals surface area contributed by atoms with E-state index in [9.17, 15) is 5.11 Å². The summed E-state index contributed by atoms with van der Waals surface area (Å²) in [6, 6.07) is 6.62. The molecule has 1 saturated carbocycles. The van der Waals surface area contributed by atoms with E-state index >= 15 is 0 Å². The summed E-state index contributed by atoms with van der Waals surface area (Å²) >= 11 is 6.03. The molecule has 3 fully saturated rings. The molecular weight excluding hydrogens is 380 g/mol. The first-order valence-corrected chi connectivity index (χ1v) is 10.1. The van der Waals surface area contributed by atoms with Gasteiger partial charge >= 0.3 is 0 Å². The van der Waals surface area contributed by atoms with E-state index in [1.165, 1.54) is 0 Å². The molecule has 8 nitrogen and oxygen atoms in total. The summed E-state index contributed by atoms with van der Waals surface area (Å²) in [5.41, 5.74) is 8.04. The molecule has 5 rings (SSSR count). The molecule has 2 atom stereocenters. The van der Waals surface area contributed by atoms with Crippen molar-refractivity contribution in [1.29, 1.82) is 0 Å². The van der Waals surface area contributed by atoms with Crippen LogP contribution in [-0.4, -0.2) is 57.7 Å². The third-order valence-electron chi connectivity index (χ3n) is 5.97. The molecule has 2 aromatic heterocycles. The van der Waals surface area contributed by atoms with Crippen molar-refractivity contribution >= 4 is 28.8 Å². The third kappa shape index (κ3) is 3.20. The van der Waals surface area contributed by atoms with Crippen molar-refractivity contribution in [3.05, 3.63) is 29.5 Å². The van der Waals surface area contributed by atoms with E-state index in [0.29, 0.717) is 41.8 Å². The highest BCUT2D eigenvalue weighted by Crippen LogP contribution is 2.38. The molecule has 3 N–H and O–H groups in total. The predicted octanol–water partition coefficient (Wildman–Crippen LogP) is 1.87. The smallest absolute Gasteiger partial charge is 0.215 e. The number of anilines is 3. The van der Waals surface area contributed by atoms with Gasteiger partial charge in [-0.25, -0.2) is 4.98 Å². The molecular formula is C19H23ClN6O2. The van der Waals surface area contributed by atoms with E-state index in [2.05, 4.69) is 25.0 Å². The lowest BCUT2D eigenvalue weighted by Gasteiger charge is -2.43. The number of halogens is 1. The minimum Gasteiger partial charge on any atom is -0.474 e. The number of fused-ring (bicyclic) bond motifs is 2.